The van der Waals surface area contributed by atoms with Crippen LogP contribution in [0, 0.1) is 5.95 Å². The predicted octanol–water partition coefficient (Wildman–Crippen LogP) is 4.35. The number of rotatable bonds is 8. The van der Waals surface area contributed by atoms with E-state index in [1.54, 1.807) is 12.2 Å². The van der Waals surface area contributed by atoms with Crippen molar-refractivity contribution in [3.8, 4) is 0 Å². The average molecular weight is 365 g/mol. The number of nitrogens with zero attached hydrogens (tertiary/aromatic N) is 3. The third-order valence-electron chi connectivity index (χ3n) is 4.09. The number of carbonyl (C=O) groups excluding carboxylic acids is 1. The van der Waals surface area contributed by atoms with Crippen molar-refractivity contribution in [3.63, 3.8) is 0 Å². The largest absolute Gasteiger partial charge is 0.331 e. The molecule has 0 N–H and O–H groups in total. The molecule has 1 fully saturated rings. The molecule has 0 unspecified atom stereocenters. The standard InChI is InChI=1S/C19H22F3N3O/c1-5-6-7-8-12(2)13(3)11-25(14-9-10-14)19(26)15-16(17(20)21)23-24(4)18(15)22/h5-8,14,17H,2-3,9-11H2,1,4H3/b6-5-,8-7-. The van der Waals surface area contributed by atoms with Gasteiger partial charge in [-0.3, -0.25) is 4.79 Å². The molecule has 1 aliphatic carbocycles. The number of alkyl halides is 2. The van der Waals surface area contributed by atoms with Gasteiger partial charge in [0, 0.05) is 19.6 Å². The molecule has 1 amide bonds. The minimum Gasteiger partial charge on any atom is -0.331 e. The summed E-state index contributed by atoms with van der Waals surface area (Å²) in [4.78, 5) is 14.2. The molecule has 0 spiro atoms. The van der Waals surface area contributed by atoms with E-state index < -0.39 is 29.5 Å². The number of hydrogen-bond acceptors (Lipinski definition) is 2. The zero-order chi connectivity index (χ0) is 19.4. The van der Waals surface area contributed by atoms with Crippen LogP contribution in [0.4, 0.5) is 13.2 Å². The third kappa shape index (κ3) is 4.33. The summed E-state index contributed by atoms with van der Waals surface area (Å²) in [6, 6.07) is -0.114. The van der Waals surface area contributed by atoms with E-state index in [1.165, 1.54) is 11.9 Å². The minimum atomic E-state index is -3.03. The molecule has 1 aliphatic rings. The van der Waals surface area contributed by atoms with E-state index in [-0.39, 0.29) is 12.6 Å². The summed E-state index contributed by atoms with van der Waals surface area (Å²) in [5.41, 5.74) is -0.327. The van der Waals surface area contributed by atoms with Crippen LogP contribution in [-0.2, 0) is 7.05 Å². The molecule has 0 bridgehead atoms. The summed E-state index contributed by atoms with van der Waals surface area (Å²) < 4.78 is 41.2. The van der Waals surface area contributed by atoms with Gasteiger partial charge < -0.3 is 4.90 Å². The highest BCUT2D eigenvalue weighted by atomic mass is 19.3. The molecule has 7 heteroatoms. The average Bonchev–Trinajstić information content (AvgIpc) is 3.38. The highest BCUT2D eigenvalue weighted by molar-refractivity contribution is 5.96. The first-order valence-corrected chi connectivity index (χ1v) is 8.25. The van der Waals surface area contributed by atoms with Crippen molar-refractivity contribution in [2.24, 2.45) is 7.05 Å². The summed E-state index contributed by atoms with van der Waals surface area (Å²) in [6.45, 7) is 9.77. The Morgan fingerprint density at radius 1 is 1.38 bits per heavy atom. The Morgan fingerprint density at radius 2 is 2.04 bits per heavy atom. The zero-order valence-electron chi connectivity index (χ0n) is 14.9. The lowest BCUT2D eigenvalue weighted by Crippen LogP contribution is -2.35. The molecular formula is C19H22F3N3O. The van der Waals surface area contributed by atoms with Crippen LogP contribution in [0.15, 0.2) is 48.6 Å². The SMILES string of the molecule is C=C(/C=C\C=C/C)C(=C)CN(C(=O)c1c(C(F)F)nn(C)c1F)C1CC1. The van der Waals surface area contributed by atoms with Gasteiger partial charge in [0.25, 0.3) is 12.3 Å². The van der Waals surface area contributed by atoms with Gasteiger partial charge in [-0.05, 0) is 30.9 Å². The molecule has 1 aromatic rings. The van der Waals surface area contributed by atoms with E-state index in [0.29, 0.717) is 15.8 Å². The van der Waals surface area contributed by atoms with Crippen molar-refractivity contribution in [1.82, 2.24) is 14.7 Å². The number of allylic oxidation sites excluding steroid dienone is 4. The van der Waals surface area contributed by atoms with Crippen LogP contribution in [0.25, 0.3) is 0 Å². The number of hydrogen-bond donors (Lipinski definition) is 0. The lowest BCUT2D eigenvalue weighted by Gasteiger charge is -2.23. The van der Waals surface area contributed by atoms with Gasteiger partial charge in [0.1, 0.15) is 11.3 Å². The van der Waals surface area contributed by atoms with Gasteiger partial charge in [0.15, 0.2) is 0 Å². The molecule has 1 heterocycles. The normalized spacial score (nSPS) is 14.5. The van der Waals surface area contributed by atoms with Gasteiger partial charge in [-0.2, -0.15) is 9.49 Å². The van der Waals surface area contributed by atoms with E-state index in [0.717, 1.165) is 12.8 Å². The molecule has 1 saturated carbocycles. The van der Waals surface area contributed by atoms with Crippen molar-refractivity contribution >= 4 is 5.91 Å². The summed E-state index contributed by atoms with van der Waals surface area (Å²) in [6.07, 6.45) is 5.65. The van der Waals surface area contributed by atoms with Crippen molar-refractivity contribution in [2.45, 2.75) is 32.2 Å². The van der Waals surface area contributed by atoms with Gasteiger partial charge in [0.2, 0.25) is 5.95 Å². The van der Waals surface area contributed by atoms with Gasteiger partial charge in [-0.15, -0.1) is 0 Å². The van der Waals surface area contributed by atoms with E-state index in [1.807, 2.05) is 19.1 Å². The quantitative estimate of drug-likeness (QED) is 0.643. The molecular weight excluding hydrogens is 343 g/mol. The number of aryl methyl sites for hydroxylation is 1. The second kappa shape index (κ2) is 8.21. The first kappa shape index (κ1) is 19.8. The number of halogens is 3. The minimum absolute atomic E-state index is 0.0968. The first-order valence-electron chi connectivity index (χ1n) is 8.25. The lowest BCUT2D eigenvalue weighted by atomic mass is 10.1. The second-order valence-corrected chi connectivity index (χ2v) is 6.15. The smallest absolute Gasteiger partial charge is 0.283 e. The molecule has 0 aromatic carbocycles. The van der Waals surface area contributed by atoms with Gasteiger partial charge >= 0.3 is 0 Å². The molecule has 26 heavy (non-hydrogen) atoms. The van der Waals surface area contributed by atoms with Gasteiger partial charge in [-0.25, -0.2) is 13.5 Å². The first-order chi connectivity index (χ1) is 12.3. The summed E-state index contributed by atoms with van der Waals surface area (Å²) in [7, 11) is 1.19. The maximum atomic E-state index is 14.2. The van der Waals surface area contributed by atoms with Crippen LogP contribution < -0.4 is 0 Å². The lowest BCUT2D eigenvalue weighted by molar-refractivity contribution is 0.0741. The van der Waals surface area contributed by atoms with E-state index in [2.05, 4.69) is 18.3 Å². The van der Waals surface area contributed by atoms with E-state index >= 15 is 0 Å². The number of amides is 1. The Morgan fingerprint density at radius 3 is 2.58 bits per heavy atom. The monoisotopic (exact) mass is 365 g/mol. The predicted molar refractivity (Wildman–Crippen MR) is 94.4 cm³/mol. The Kier molecular flexibility index (Phi) is 6.23. The molecule has 0 atom stereocenters. The fraction of sp³-hybridized carbons (Fsp3) is 0.368. The van der Waals surface area contributed by atoms with Crippen LogP contribution in [0.5, 0.6) is 0 Å². The molecule has 0 saturated heterocycles. The highest BCUT2D eigenvalue weighted by Crippen LogP contribution is 2.32. The second-order valence-electron chi connectivity index (χ2n) is 6.15. The van der Waals surface area contributed by atoms with Crippen LogP contribution in [-0.4, -0.2) is 33.2 Å². The number of carbonyl (C=O) groups is 1. The topological polar surface area (TPSA) is 38.1 Å². The summed E-state index contributed by atoms with van der Waals surface area (Å²) >= 11 is 0. The Labute approximate surface area is 151 Å². The molecule has 1 aromatic heterocycles. The fourth-order valence-corrected chi connectivity index (χ4v) is 2.48. The van der Waals surface area contributed by atoms with Gasteiger partial charge in [-0.1, -0.05) is 37.5 Å². The van der Waals surface area contributed by atoms with Crippen LogP contribution in [0.2, 0.25) is 0 Å². The van der Waals surface area contributed by atoms with Crippen molar-refractivity contribution in [3.05, 3.63) is 65.8 Å². The maximum Gasteiger partial charge on any atom is 0.283 e. The van der Waals surface area contributed by atoms with Crippen molar-refractivity contribution < 1.29 is 18.0 Å². The van der Waals surface area contributed by atoms with E-state index in [9.17, 15) is 18.0 Å². The maximum absolute atomic E-state index is 14.2. The van der Waals surface area contributed by atoms with Crippen LogP contribution in [0.1, 0.15) is 42.2 Å². The Bertz CT molecular complexity index is 773. The Balaban J connectivity index is 2.24. The molecule has 2 rings (SSSR count). The molecule has 4 nitrogen and oxygen atoms in total. The van der Waals surface area contributed by atoms with Crippen LogP contribution >= 0.6 is 0 Å². The molecule has 0 aliphatic heterocycles. The highest BCUT2D eigenvalue weighted by Gasteiger charge is 2.38. The summed E-state index contributed by atoms with van der Waals surface area (Å²) in [5.74, 6) is -1.85. The van der Waals surface area contributed by atoms with Crippen LogP contribution in [0.3, 0.4) is 0 Å². The van der Waals surface area contributed by atoms with Gasteiger partial charge in [0.05, 0.1) is 0 Å². The number of aromatic nitrogens is 2. The van der Waals surface area contributed by atoms with Crippen molar-refractivity contribution in [2.75, 3.05) is 6.54 Å². The van der Waals surface area contributed by atoms with Crippen molar-refractivity contribution in [1.29, 1.82) is 0 Å². The Hall–Kier alpha value is -2.57. The van der Waals surface area contributed by atoms with E-state index in [4.69, 9.17) is 0 Å². The molecule has 0 radical (unpaired) electrons. The third-order valence-corrected chi connectivity index (χ3v) is 4.09. The summed E-state index contributed by atoms with van der Waals surface area (Å²) in [5, 5.41) is 3.44. The zero-order valence-corrected chi connectivity index (χ0v) is 14.9. The fourth-order valence-electron chi connectivity index (χ4n) is 2.48. The molecule has 140 valence electrons.